The monoisotopic (exact) mass is 494 g/mol. The summed E-state index contributed by atoms with van der Waals surface area (Å²) in [4.78, 5) is 32.1. The summed E-state index contributed by atoms with van der Waals surface area (Å²) in [6.45, 7) is 16.1. The van der Waals surface area contributed by atoms with E-state index in [4.69, 9.17) is 9.47 Å². The largest absolute Gasteiger partial charge is 0.448 e. The van der Waals surface area contributed by atoms with Crippen LogP contribution in [0.3, 0.4) is 0 Å². The summed E-state index contributed by atoms with van der Waals surface area (Å²) in [5.41, 5.74) is -0.0852. The Kier molecular flexibility index (Phi) is 8.45. The van der Waals surface area contributed by atoms with Gasteiger partial charge in [-0.2, -0.15) is 0 Å². The lowest BCUT2D eigenvalue weighted by atomic mass is 9.62. The van der Waals surface area contributed by atoms with Crippen LogP contribution in [0.4, 0.5) is 9.59 Å². The quantitative estimate of drug-likeness (QED) is 0.481. The highest BCUT2D eigenvalue weighted by Gasteiger charge is 2.42. The van der Waals surface area contributed by atoms with E-state index < -0.39 is 0 Å². The Labute approximate surface area is 210 Å². The lowest BCUT2D eigenvalue weighted by Crippen LogP contribution is -2.62. The van der Waals surface area contributed by atoms with Crippen molar-refractivity contribution >= 4 is 12.2 Å². The first-order valence-electron chi connectivity index (χ1n) is 13.3. The molecule has 10 heteroatoms. The number of ether oxygens (including phenoxy) is 2. The Morgan fingerprint density at radius 2 is 1.71 bits per heavy atom. The molecule has 10 nitrogen and oxygen atoms in total. The molecule has 4 unspecified atom stereocenters. The Bertz CT molecular complexity index is 743. The minimum Gasteiger partial charge on any atom is -0.448 e. The molecule has 35 heavy (non-hydrogen) atoms. The third-order valence-electron chi connectivity index (χ3n) is 8.10. The topological polar surface area (TPSA) is 98.4 Å². The van der Waals surface area contributed by atoms with Crippen LogP contribution in [0, 0.1) is 10.8 Å². The van der Waals surface area contributed by atoms with E-state index in [9.17, 15) is 9.59 Å². The summed E-state index contributed by atoms with van der Waals surface area (Å²) in [7, 11) is 2.08. The van der Waals surface area contributed by atoms with E-state index >= 15 is 0 Å². The van der Waals surface area contributed by atoms with Crippen LogP contribution in [0.15, 0.2) is 0 Å². The van der Waals surface area contributed by atoms with Gasteiger partial charge in [0.2, 0.25) is 0 Å². The van der Waals surface area contributed by atoms with Gasteiger partial charge < -0.3 is 30.3 Å². The molecular weight excluding hydrogens is 448 g/mol. The molecule has 2 amide bonds. The van der Waals surface area contributed by atoms with Crippen molar-refractivity contribution in [3.8, 4) is 0 Å². The van der Waals surface area contributed by atoms with Crippen molar-refractivity contribution < 1.29 is 19.1 Å². The zero-order valence-electron chi connectivity index (χ0n) is 22.1. The maximum atomic E-state index is 12.6. The molecule has 3 N–H and O–H groups in total. The molecular formula is C25H46N6O4. The maximum absolute atomic E-state index is 12.6. The number of rotatable bonds is 7. The standard InChI is InChI=1S/C25H46N6O4/c1-24(2)11-19(28-23(33)35-16-21-14-30-7-9-31(21)10-8-30)12-25(3,17-24)18-27-22(32)34-15-20-13-29(4)6-5-26-20/h19-21,26H,5-18H2,1-4H3,(H,27,32)(H,28,33). The molecule has 1 saturated carbocycles. The zero-order valence-corrected chi connectivity index (χ0v) is 22.1. The molecule has 200 valence electrons. The van der Waals surface area contributed by atoms with E-state index in [0.717, 1.165) is 71.6 Å². The smallest absolute Gasteiger partial charge is 0.407 e. The first-order valence-corrected chi connectivity index (χ1v) is 13.3. The number of nitrogens with zero attached hydrogens (tertiary/aromatic N) is 3. The molecule has 0 aromatic carbocycles. The molecule has 4 heterocycles. The number of likely N-dealkylation sites (N-methyl/N-ethyl adjacent to an activating group) is 1. The van der Waals surface area contributed by atoms with Gasteiger partial charge in [-0.25, -0.2) is 9.59 Å². The van der Waals surface area contributed by atoms with E-state index in [2.05, 4.69) is 58.5 Å². The Hall–Kier alpha value is -1.62. The molecule has 0 aromatic rings. The summed E-state index contributed by atoms with van der Waals surface area (Å²) in [5, 5.41) is 9.49. The first-order chi connectivity index (χ1) is 16.6. The van der Waals surface area contributed by atoms with Crippen LogP contribution in [0.5, 0.6) is 0 Å². The fraction of sp³-hybridized carbons (Fsp3) is 0.920. The number of fused-ring (bicyclic) bond motifs is 3. The van der Waals surface area contributed by atoms with Crippen LogP contribution in [-0.4, -0.2) is 124 Å². The number of carbonyl (C=O) groups is 2. The van der Waals surface area contributed by atoms with Gasteiger partial charge >= 0.3 is 12.2 Å². The average Bonchev–Trinajstić information content (AvgIpc) is 2.80. The Morgan fingerprint density at radius 1 is 0.971 bits per heavy atom. The van der Waals surface area contributed by atoms with Gasteiger partial charge in [0.25, 0.3) is 0 Å². The van der Waals surface area contributed by atoms with Crippen LogP contribution in [-0.2, 0) is 9.47 Å². The van der Waals surface area contributed by atoms with E-state index in [1.807, 2.05) is 0 Å². The van der Waals surface area contributed by atoms with Gasteiger partial charge in [-0.15, -0.1) is 0 Å². The fourth-order valence-electron chi connectivity index (χ4n) is 6.75. The molecule has 2 bridgehead atoms. The normalized spacial score (nSPS) is 36.9. The highest BCUT2D eigenvalue weighted by atomic mass is 16.6. The summed E-state index contributed by atoms with van der Waals surface area (Å²) in [6, 6.07) is 0.486. The van der Waals surface area contributed by atoms with Crippen LogP contribution < -0.4 is 16.0 Å². The number of piperazine rings is 4. The van der Waals surface area contributed by atoms with Crippen molar-refractivity contribution in [2.75, 3.05) is 79.2 Å². The summed E-state index contributed by atoms with van der Waals surface area (Å²) < 4.78 is 11.1. The summed E-state index contributed by atoms with van der Waals surface area (Å²) >= 11 is 0. The van der Waals surface area contributed by atoms with Gasteiger partial charge in [0.05, 0.1) is 12.1 Å². The molecule has 1 aliphatic carbocycles. The lowest BCUT2D eigenvalue weighted by molar-refractivity contribution is -0.0160. The maximum Gasteiger partial charge on any atom is 0.407 e. The highest BCUT2D eigenvalue weighted by molar-refractivity contribution is 5.68. The van der Waals surface area contributed by atoms with Crippen LogP contribution in [0.1, 0.15) is 40.0 Å². The first kappa shape index (κ1) is 26.4. The van der Waals surface area contributed by atoms with Gasteiger partial charge in [-0.05, 0) is 37.1 Å². The molecule has 0 aromatic heterocycles. The number of alkyl carbamates (subject to hydrolysis) is 2. The van der Waals surface area contributed by atoms with Crippen LogP contribution in [0.25, 0.3) is 0 Å². The van der Waals surface area contributed by atoms with E-state index in [-0.39, 0.29) is 35.1 Å². The molecule has 0 spiro atoms. The van der Waals surface area contributed by atoms with Gasteiger partial charge in [0, 0.05) is 64.9 Å². The number of nitrogens with one attached hydrogen (secondary N) is 3. The second-order valence-electron chi connectivity index (χ2n) is 12.4. The molecule has 5 fully saturated rings. The predicted molar refractivity (Wildman–Crippen MR) is 134 cm³/mol. The van der Waals surface area contributed by atoms with Crippen molar-refractivity contribution in [3.05, 3.63) is 0 Å². The summed E-state index contributed by atoms with van der Waals surface area (Å²) in [5.74, 6) is 0. The van der Waals surface area contributed by atoms with Crippen molar-refractivity contribution in [1.29, 1.82) is 0 Å². The third-order valence-corrected chi connectivity index (χ3v) is 8.10. The van der Waals surface area contributed by atoms with E-state index in [1.165, 1.54) is 0 Å². The fourth-order valence-corrected chi connectivity index (χ4v) is 6.75. The molecule has 4 aliphatic heterocycles. The predicted octanol–water partition coefficient (Wildman–Crippen LogP) is 0.927. The highest BCUT2D eigenvalue weighted by Crippen LogP contribution is 2.45. The molecule has 5 rings (SSSR count). The number of amides is 2. The SMILES string of the molecule is CN1CCNC(COC(=O)NCC2(C)CC(NC(=O)OCC3CN4CCN3CC4)CC(C)(C)C2)C1. The van der Waals surface area contributed by atoms with Gasteiger partial charge in [-0.3, -0.25) is 9.80 Å². The van der Waals surface area contributed by atoms with Crippen LogP contribution >= 0.6 is 0 Å². The van der Waals surface area contributed by atoms with Crippen LogP contribution in [0.2, 0.25) is 0 Å². The molecule has 5 aliphatic rings. The van der Waals surface area contributed by atoms with E-state index in [1.54, 1.807) is 0 Å². The van der Waals surface area contributed by atoms with Gasteiger partial charge in [-0.1, -0.05) is 20.8 Å². The number of hydrogen-bond acceptors (Lipinski definition) is 8. The van der Waals surface area contributed by atoms with Crippen molar-refractivity contribution in [2.45, 2.75) is 58.2 Å². The lowest BCUT2D eigenvalue weighted by Gasteiger charge is -2.47. The van der Waals surface area contributed by atoms with Crippen molar-refractivity contribution in [3.63, 3.8) is 0 Å². The van der Waals surface area contributed by atoms with Crippen molar-refractivity contribution in [1.82, 2.24) is 30.7 Å². The summed E-state index contributed by atoms with van der Waals surface area (Å²) in [6.07, 6.45) is 1.96. The number of hydrogen-bond donors (Lipinski definition) is 3. The molecule has 0 radical (unpaired) electrons. The Morgan fingerprint density at radius 3 is 2.40 bits per heavy atom. The second-order valence-corrected chi connectivity index (χ2v) is 12.4. The van der Waals surface area contributed by atoms with Crippen molar-refractivity contribution in [2.24, 2.45) is 10.8 Å². The van der Waals surface area contributed by atoms with Gasteiger partial charge in [0.15, 0.2) is 0 Å². The third kappa shape index (κ3) is 7.68. The van der Waals surface area contributed by atoms with E-state index in [0.29, 0.717) is 25.8 Å². The average molecular weight is 495 g/mol. The Balaban J connectivity index is 1.20. The molecule has 4 saturated heterocycles. The second kappa shape index (κ2) is 11.2. The minimum absolute atomic E-state index is 0.0166. The van der Waals surface area contributed by atoms with Gasteiger partial charge in [0.1, 0.15) is 13.2 Å². The number of carbonyl (C=O) groups excluding carboxylic acids is 2. The zero-order chi connectivity index (χ0) is 25.1. The molecule has 4 atom stereocenters. The minimum atomic E-state index is -0.374.